The Morgan fingerprint density at radius 1 is 1.48 bits per heavy atom. The molecule has 0 spiro atoms. The van der Waals surface area contributed by atoms with Crippen molar-refractivity contribution >= 4 is 5.91 Å². The fourth-order valence-electron chi connectivity index (χ4n) is 2.61. The highest BCUT2D eigenvalue weighted by atomic mass is 19.1. The molecule has 0 aliphatic heterocycles. The molecule has 3 nitrogen and oxygen atoms in total. The number of hydrogen-bond donors (Lipinski definition) is 2. The zero-order valence-corrected chi connectivity index (χ0v) is 12.2. The highest BCUT2D eigenvalue weighted by Crippen LogP contribution is 2.43. The summed E-state index contributed by atoms with van der Waals surface area (Å²) in [6.45, 7) is 2.45. The van der Waals surface area contributed by atoms with Crippen LogP contribution in [0.4, 0.5) is 4.39 Å². The van der Waals surface area contributed by atoms with Gasteiger partial charge in [-0.05, 0) is 42.9 Å². The summed E-state index contributed by atoms with van der Waals surface area (Å²) in [7, 11) is 0. The monoisotopic (exact) mass is 289 g/mol. The van der Waals surface area contributed by atoms with Crippen LogP contribution in [0.1, 0.15) is 48.5 Å². The molecule has 0 aromatic heterocycles. The van der Waals surface area contributed by atoms with E-state index in [0.29, 0.717) is 12.1 Å². The predicted molar refractivity (Wildman–Crippen MR) is 79.3 cm³/mol. The minimum absolute atomic E-state index is 0.00492. The number of aliphatic hydroxyl groups is 1. The number of aliphatic hydroxyl groups excluding tert-OH is 1. The summed E-state index contributed by atoms with van der Waals surface area (Å²) in [6.07, 6.45) is 4.46. The van der Waals surface area contributed by atoms with Gasteiger partial charge < -0.3 is 10.4 Å². The van der Waals surface area contributed by atoms with E-state index in [1.807, 2.05) is 0 Å². The first kappa shape index (κ1) is 15.5. The Morgan fingerprint density at radius 3 is 2.81 bits per heavy atom. The van der Waals surface area contributed by atoms with Crippen molar-refractivity contribution in [1.82, 2.24) is 5.32 Å². The van der Waals surface area contributed by atoms with Crippen molar-refractivity contribution in [3.63, 3.8) is 0 Å². The van der Waals surface area contributed by atoms with Crippen LogP contribution in [-0.4, -0.2) is 24.2 Å². The smallest absolute Gasteiger partial charge is 0.254 e. The highest BCUT2D eigenvalue weighted by Gasteiger charge is 2.35. The van der Waals surface area contributed by atoms with Gasteiger partial charge in [0.1, 0.15) is 12.4 Å². The van der Waals surface area contributed by atoms with Gasteiger partial charge in [0.25, 0.3) is 5.91 Å². The molecule has 0 heterocycles. The Hall–Kier alpha value is -1.86. The van der Waals surface area contributed by atoms with Crippen LogP contribution in [-0.2, 0) is 0 Å². The summed E-state index contributed by atoms with van der Waals surface area (Å²) in [4.78, 5) is 12.1. The molecule has 1 aliphatic carbocycles. The molecule has 1 fully saturated rings. The zero-order valence-electron chi connectivity index (χ0n) is 12.2. The van der Waals surface area contributed by atoms with Crippen LogP contribution in [0.15, 0.2) is 18.2 Å². The highest BCUT2D eigenvalue weighted by molar-refractivity contribution is 5.94. The van der Waals surface area contributed by atoms with E-state index in [2.05, 4.69) is 24.1 Å². The maximum Gasteiger partial charge on any atom is 0.254 e. The summed E-state index contributed by atoms with van der Waals surface area (Å²) in [6, 6.07) is 4.15. The minimum atomic E-state index is -0.554. The lowest BCUT2D eigenvalue weighted by molar-refractivity contribution is 0.0846. The SMILES string of the molecule is CCC1(CNC(=O)c2cc(C#CCO)ccc2F)CCC1. The topological polar surface area (TPSA) is 49.3 Å². The molecule has 4 heteroatoms. The van der Waals surface area contributed by atoms with E-state index in [4.69, 9.17) is 5.11 Å². The van der Waals surface area contributed by atoms with E-state index in [1.165, 1.54) is 24.6 Å². The number of amides is 1. The van der Waals surface area contributed by atoms with Gasteiger partial charge in [-0.2, -0.15) is 0 Å². The lowest BCUT2D eigenvalue weighted by Gasteiger charge is -2.41. The van der Waals surface area contributed by atoms with Crippen molar-refractivity contribution in [2.45, 2.75) is 32.6 Å². The molecule has 1 saturated carbocycles. The van der Waals surface area contributed by atoms with Crippen LogP contribution < -0.4 is 5.32 Å². The average molecular weight is 289 g/mol. The summed E-state index contributed by atoms with van der Waals surface area (Å²) in [5.41, 5.74) is 0.718. The molecular formula is C17H20FNO2. The Bertz CT molecular complexity index is 577. The van der Waals surface area contributed by atoms with Gasteiger partial charge in [0.2, 0.25) is 0 Å². The molecule has 0 saturated heterocycles. The summed E-state index contributed by atoms with van der Waals surface area (Å²) < 4.78 is 13.8. The number of nitrogens with one attached hydrogen (secondary N) is 1. The fourth-order valence-corrected chi connectivity index (χ4v) is 2.61. The van der Waals surface area contributed by atoms with E-state index in [0.717, 1.165) is 19.3 Å². The molecule has 2 rings (SSSR count). The van der Waals surface area contributed by atoms with E-state index >= 15 is 0 Å². The zero-order chi connectivity index (χ0) is 15.3. The van der Waals surface area contributed by atoms with Crippen molar-refractivity contribution in [3.8, 4) is 11.8 Å². The molecule has 1 aromatic rings. The van der Waals surface area contributed by atoms with Gasteiger partial charge in [-0.1, -0.05) is 25.2 Å². The molecule has 0 atom stereocenters. The molecule has 0 radical (unpaired) electrons. The first-order valence-electron chi connectivity index (χ1n) is 7.28. The Morgan fingerprint density at radius 2 is 2.24 bits per heavy atom. The lowest BCUT2D eigenvalue weighted by Crippen LogP contribution is -2.41. The van der Waals surface area contributed by atoms with Gasteiger partial charge in [0.05, 0.1) is 5.56 Å². The maximum atomic E-state index is 13.8. The first-order chi connectivity index (χ1) is 10.1. The standard InChI is InChI=1S/C17H20FNO2/c1-2-17(8-4-9-17)12-19-16(21)14-11-13(5-3-10-20)6-7-15(14)18/h6-7,11,20H,2,4,8-10,12H2,1H3,(H,19,21). The van der Waals surface area contributed by atoms with Crippen molar-refractivity contribution < 1.29 is 14.3 Å². The van der Waals surface area contributed by atoms with Crippen molar-refractivity contribution in [2.24, 2.45) is 5.41 Å². The number of carbonyl (C=O) groups excluding carboxylic acids is 1. The Labute approximate surface area is 124 Å². The number of halogens is 1. The van der Waals surface area contributed by atoms with Gasteiger partial charge in [0.15, 0.2) is 0 Å². The third-order valence-corrected chi connectivity index (χ3v) is 4.31. The minimum Gasteiger partial charge on any atom is -0.384 e. The van der Waals surface area contributed by atoms with Gasteiger partial charge in [-0.25, -0.2) is 4.39 Å². The van der Waals surface area contributed by atoms with Gasteiger partial charge in [0, 0.05) is 12.1 Å². The first-order valence-corrected chi connectivity index (χ1v) is 7.28. The average Bonchev–Trinajstić information content (AvgIpc) is 2.45. The molecule has 0 unspecified atom stereocenters. The summed E-state index contributed by atoms with van der Waals surface area (Å²) in [5, 5.41) is 11.5. The van der Waals surface area contributed by atoms with Crippen LogP contribution in [0.3, 0.4) is 0 Å². The molecule has 2 N–H and O–H groups in total. The molecule has 112 valence electrons. The quantitative estimate of drug-likeness (QED) is 0.837. The molecule has 1 aliphatic rings. The van der Waals surface area contributed by atoms with Crippen LogP contribution in [0.2, 0.25) is 0 Å². The summed E-state index contributed by atoms with van der Waals surface area (Å²) in [5.74, 6) is 4.20. The third-order valence-electron chi connectivity index (χ3n) is 4.31. The fraction of sp³-hybridized carbons (Fsp3) is 0.471. The Kier molecular flexibility index (Phi) is 4.98. The van der Waals surface area contributed by atoms with Crippen molar-refractivity contribution in [1.29, 1.82) is 0 Å². The lowest BCUT2D eigenvalue weighted by atomic mass is 9.67. The molecule has 0 bridgehead atoms. The van der Waals surface area contributed by atoms with Crippen LogP contribution in [0, 0.1) is 23.1 Å². The third kappa shape index (κ3) is 3.62. The molecule has 21 heavy (non-hydrogen) atoms. The van der Waals surface area contributed by atoms with Gasteiger partial charge >= 0.3 is 0 Å². The van der Waals surface area contributed by atoms with Gasteiger partial charge in [-0.15, -0.1) is 0 Å². The number of benzene rings is 1. The molecule has 1 aromatic carbocycles. The second kappa shape index (κ2) is 6.73. The maximum absolute atomic E-state index is 13.8. The van der Waals surface area contributed by atoms with E-state index in [9.17, 15) is 9.18 Å². The van der Waals surface area contributed by atoms with E-state index in [-0.39, 0.29) is 17.6 Å². The predicted octanol–water partition coefficient (Wildman–Crippen LogP) is 2.48. The largest absolute Gasteiger partial charge is 0.384 e. The Balaban J connectivity index is 2.07. The van der Waals surface area contributed by atoms with Crippen molar-refractivity contribution in [3.05, 3.63) is 35.1 Å². The van der Waals surface area contributed by atoms with Crippen LogP contribution in [0.5, 0.6) is 0 Å². The van der Waals surface area contributed by atoms with Crippen molar-refractivity contribution in [2.75, 3.05) is 13.2 Å². The van der Waals surface area contributed by atoms with Crippen LogP contribution >= 0.6 is 0 Å². The van der Waals surface area contributed by atoms with Gasteiger partial charge in [-0.3, -0.25) is 4.79 Å². The summed E-state index contributed by atoms with van der Waals surface area (Å²) >= 11 is 0. The number of hydrogen-bond acceptors (Lipinski definition) is 2. The second-order valence-electron chi connectivity index (χ2n) is 5.54. The number of rotatable bonds is 4. The second-order valence-corrected chi connectivity index (χ2v) is 5.54. The van der Waals surface area contributed by atoms with E-state index < -0.39 is 11.7 Å². The normalized spacial score (nSPS) is 15.6. The molecular weight excluding hydrogens is 269 g/mol. The van der Waals surface area contributed by atoms with Crippen LogP contribution in [0.25, 0.3) is 0 Å². The number of carbonyl (C=O) groups is 1. The van der Waals surface area contributed by atoms with E-state index in [1.54, 1.807) is 0 Å². The molecule has 1 amide bonds.